The van der Waals surface area contributed by atoms with Crippen LogP contribution in [0.2, 0.25) is 0 Å². The second-order valence-electron chi connectivity index (χ2n) is 3.87. The molecule has 0 N–H and O–H groups in total. The van der Waals surface area contributed by atoms with Gasteiger partial charge in [-0.15, -0.1) is 5.10 Å². The van der Waals surface area contributed by atoms with Crippen LogP contribution < -0.4 is 0 Å². The number of hydrogen-bond donors (Lipinski definition) is 0. The summed E-state index contributed by atoms with van der Waals surface area (Å²) in [5.74, 6) is 0. The first-order chi connectivity index (χ1) is 9.28. The third-order valence-corrected chi connectivity index (χ3v) is 3.17. The largest absolute Gasteiger partial charge is 0.309 e. The second kappa shape index (κ2) is 5.00. The Hall–Kier alpha value is -1.90. The van der Waals surface area contributed by atoms with E-state index in [1.807, 2.05) is 4.57 Å². The SMILES string of the molecule is FCCn1cc(Cn2cnc3c(Br)ncnc32)nn1. The summed E-state index contributed by atoms with van der Waals surface area (Å²) in [5.41, 5.74) is 2.13. The van der Waals surface area contributed by atoms with Crippen molar-refractivity contribution in [3.63, 3.8) is 0 Å². The van der Waals surface area contributed by atoms with Gasteiger partial charge in [0, 0.05) is 0 Å². The number of nitrogens with zero attached hydrogens (tertiary/aromatic N) is 7. The van der Waals surface area contributed by atoms with Crippen LogP contribution in [0.1, 0.15) is 5.69 Å². The topological polar surface area (TPSA) is 74.3 Å². The lowest BCUT2D eigenvalue weighted by Gasteiger charge is -1.99. The minimum Gasteiger partial charge on any atom is -0.309 e. The highest BCUT2D eigenvalue weighted by Gasteiger charge is 2.09. The molecule has 19 heavy (non-hydrogen) atoms. The second-order valence-corrected chi connectivity index (χ2v) is 4.62. The van der Waals surface area contributed by atoms with Crippen molar-refractivity contribution in [2.45, 2.75) is 13.1 Å². The summed E-state index contributed by atoms with van der Waals surface area (Å²) in [6.07, 6.45) is 4.84. The number of halogens is 2. The van der Waals surface area contributed by atoms with Crippen molar-refractivity contribution in [2.75, 3.05) is 6.67 Å². The lowest BCUT2D eigenvalue weighted by molar-refractivity contribution is 0.422. The fourth-order valence-electron chi connectivity index (χ4n) is 1.75. The van der Waals surface area contributed by atoms with E-state index in [-0.39, 0.29) is 6.54 Å². The van der Waals surface area contributed by atoms with E-state index < -0.39 is 6.67 Å². The number of alkyl halides is 1. The fourth-order valence-corrected chi connectivity index (χ4v) is 2.12. The Morgan fingerprint density at radius 3 is 3.00 bits per heavy atom. The molecular formula is C10H9BrFN7. The van der Waals surface area contributed by atoms with Gasteiger partial charge >= 0.3 is 0 Å². The zero-order chi connectivity index (χ0) is 13.2. The molecule has 0 saturated heterocycles. The number of rotatable bonds is 4. The number of imidazole rings is 1. The number of fused-ring (bicyclic) bond motifs is 1. The van der Waals surface area contributed by atoms with Crippen LogP contribution in [-0.2, 0) is 13.1 Å². The Balaban J connectivity index is 1.90. The van der Waals surface area contributed by atoms with Crippen LogP contribution in [0.25, 0.3) is 11.2 Å². The molecule has 3 aromatic heterocycles. The molecule has 0 bridgehead atoms. The lowest BCUT2D eigenvalue weighted by Crippen LogP contribution is -2.00. The Kier molecular flexibility index (Phi) is 3.20. The summed E-state index contributed by atoms with van der Waals surface area (Å²) in [4.78, 5) is 12.4. The summed E-state index contributed by atoms with van der Waals surface area (Å²) in [6, 6.07) is 0. The van der Waals surface area contributed by atoms with Crippen LogP contribution in [0.4, 0.5) is 4.39 Å². The van der Waals surface area contributed by atoms with E-state index >= 15 is 0 Å². The van der Waals surface area contributed by atoms with Crippen molar-refractivity contribution in [1.29, 1.82) is 0 Å². The third-order valence-electron chi connectivity index (χ3n) is 2.59. The minimum absolute atomic E-state index is 0.214. The van der Waals surface area contributed by atoms with Crippen molar-refractivity contribution in [3.8, 4) is 0 Å². The molecule has 0 aliphatic carbocycles. The molecule has 0 aliphatic rings. The Morgan fingerprint density at radius 1 is 1.26 bits per heavy atom. The van der Waals surface area contributed by atoms with Crippen molar-refractivity contribution in [2.24, 2.45) is 0 Å². The molecule has 3 aromatic rings. The van der Waals surface area contributed by atoms with Crippen molar-refractivity contribution in [3.05, 3.63) is 29.1 Å². The normalized spacial score (nSPS) is 11.3. The third kappa shape index (κ3) is 2.33. The first-order valence-corrected chi connectivity index (χ1v) is 6.33. The molecule has 0 atom stereocenters. The first-order valence-electron chi connectivity index (χ1n) is 5.54. The maximum absolute atomic E-state index is 12.2. The van der Waals surface area contributed by atoms with Gasteiger partial charge in [0.1, 0.15) is 28.8 Å². The van der Waals surface area contributed by atoms with Gasteiger partial charge in [-0.25, -0.2) is 24.0 Å². The number of hydrogen-bond acceptors (Lipinski definition) is 5. The molecule has 0 amide bonds. The summed E-state index contributed by atoms with van der Waals surface area (Å²) in [6.45, 7) is 0.231. The maximum atomic E-state index is 12.2. The van der Waals surface area contributed by atoms with Crippen LogP contribution in [0.15, 0.2) is 23.5 Å². The van der Waals surface area contributed by atoms with Gasteiger partial charge in [-0.1, -0.05) is 5.21 Å². The lowest BCUT2D eigenvalue weighted by atomic mass is 10.4. The van der Waals surface area contributed by atoms with Crippen LogP contribution in [0.5, 0.6) is 0 Å². The highest BCUT2D eigenvalue weighted by molar-refractivity contribution is 9.10. The molecule has 3 rings (SSSR count). The molecule has 0 aliphatic heterocycles. The highest BCUT2D eigenvalue weighted by atomic mass is 79.9. The molecule has 98 valence electrons. The first kappa shape index (κ1) is 12.2. The monoisotopic (exact) mass is 325 g/mol. The van der Waals surface area contributed by atoms with E-state index in [0.29, 0.717) is 22.3 Å². The predicted molar refractivity (Wildman–Crippen MR) is 68.1 cm³/mol. The van der Waals surface area contributed by atoms with E-state index in [0.717, 1.165) is 5.69 Å². The van der Waals surface area contributed by atoms with Crippen molar-refractivity contribution >= 4 is 27.1 Å². The zero-order valence-electron chi connectivity index (χ0n) is 9.74. The average Bonchev–Trinajstić information content (AvgIpc) is 3.00. The maximum Gasteiger partial charge on any atom is 0.164 e. The molecule has 0 saturated carbocycles. The average molecular weight is 326 g/mol. The molecule has 0 aromatic carbocycles. The van der Waals surface area contributed by atoms with Crippen LogP contribution in [0.3, 0.4) is 0 Å². The van der Waals surface area contributed by atoms with Gasteiger partial charge in [-0.3, -0.25) is 0 Å². The van der Waals surface area contributed by atoms with Crippen molar-refractivity contribution < 1.29 is 4.39 Å². The molecule has 7 nitrogen and oxygen atoms in total. The molecule has 0 spiro atoms. The quantitative estimate of drug-likeness (QED) is 0.674. The Morgan fingerprint density at radius 2 is 2.16 bits per heavy atom. The van der Waals surface area contributed by atoms with E-state index in [9.17, 15) is 4.39 Å². The standard InChI is InChI=1S/C10H9BrFN7/c11-9-8-10(14-5-13-9)18(6-15-8)3-7-4-19(2-1-12)17-16-7/h4-6H,1-3H2. The Labute approximate surface area is 115 Å². The zero-order valence-corrected chi connectivity index (χ0v) is 11.3. The van der Waals surface area contributed by atoms with Gasteiger partial charge in [-0.2, -0.15) is 0 Å². The van der Waals surface area contributed by atoms with E-state index in [1.165, 1.54) is 11.0 Å². The predicted octanol–water partition coefficient (Wildman–Crippen LogP) is 1.20. The van der Waals surface area contributed by atoms with Gasteiger partial charge < -0.3 is 4.57 Å². The Bertz CT molecular complexity index is 707. The van der Waals surface area contributed by atoms with Gasteiger partial charge in [-0.05, 0) is 15.9 Å². The van der Waals surface area contributed by atoms with Gasteiger partial charge in [0.15, 0.2) is 5.65 Å². The van der Waals surface area contributed by atoms with E-state index in [1.54, 1.807) is 12.5 Å². The van der Waals surface area contributed by atoms with Gasteiger partial charge in [0.2, 0.25) is 0 Å². The van der Waals surface area contributed by atoms with E-state index in [2.05, 4.69) is 41.2 Å². The van der Waals surface area contributed by atoms with Gasteiger partial charge in [0.25, 0.3) is 0 Å². The van der Waals surface area contributed by atoms with Crippen LogP contribution in [-0.4, -0.2) is 41.2 Å². The molecule has 9 heteroatoms. The fraction of sp³-hybridized carbons (Fsp3) is 0.300. The molecule has 0 radical (unpaired) electrons. The summed E-state index contributed by atoms with van der Waals surface area (Å²) < 4.78 is 16.2. The molecule has 3 heterocycles. The summed E-state index contributed by atoms with van der Waals surface area (Å²) in [5, 5.41) is 7.82. The highest BCUT2D eigenvalue weighted by Crippen LogP contribution is 2.18. The number of aromatic nitrogens is 7. The number of aryl methyl sites for hydroxylation is 1. The van der Waals surface area contributed by atoms with Crippen LogP contribution in [0, 0.1) is 0 Å². The molecule has 0 unspecified atom stereocenters. The van der Waals surface area contributed by atoms with Gasteiger partial charge in [0.05, 0.1) is 25.6 Å². The van der Waals surface area contributed by atoms with Crippen molar-refractivity contribution in [1.82, 2.24) is 34.5 Å². The summed E-state index contributed by atoms with van der Waals surface area (Å²) >= 11 is 3.32. The molecular weight excluding hydrogens is 317 g/mol. The minimum atomic E-state index is -0.461. The van der Waals surface area contributed by atoms with E-state index in [4.69, 9.17) is 0 Å². The molecule has 0 fully saturated rings. The summed E-state index contributed by atoms with van der Waals surface area (Å²) in [7, 11) is 0. The smallest absolute Gasteiger partial charge is 0.164 e. The van der Waals surface area contributed by atoms with Crippen LogP contribution >= 0.6 is 15.9 Å².